The molecule has 0 unspecified atom stereocenters. The lowest BCUT2D eigenvalue weighted by molar-refractivity contribution is -0.228. The third-order valence-corrected chi connectivity index (χ3v) is 6.61. The summed E-state index contributed by atoms with van der Waals surface area (Å²) in [7, 11) is 1.85. The zero-order valence-electron chi connectivity index (χ0n) is 18.7. The number of aryl methyl sites for hydroxylation is 1. The van der Waals surface area contributed by atoms with Crippen LogP contribution in [-0.2, 0) is 21.3 Å². The van der Waals surface area contributed by atoms with Gasteiger partial charge in [0, 0.05) is 38.3 Å². The molecule has 1 spiro atoms. The van der Waals surface area contributed by atoms with Crippen molar-refractivity contribution in [3.05, 3.63) is 35.8 Å². The first kappa shape index (κ1) is 21.7. The number of nitrogens with zero attached hydrogens (tertiary/aromatic N) is 4. The molecular formula is C23H27N5O5. The summed E-state index contributed by atoms with van der Waals surface area (Å²) in [5.41, 5.74) is 2.05. The van der Waals surface area contributed by atoms with E-state index in [4.69, 9.17) is 14.2 Å². The normalized spacial score (nSPS) is 25.9. The van der Waals surface area contributed by atoms with Crippen LogP contribution >= 0.6 is 0 Å². The lowest BCUT2D eigenvalue weighted by atomic mass is 9.90. The Morgan fingerprint density at radius 3 is 2.91 bits per heavy atom. The van der Waals surface area contributed by atoms with Crippen LogP contribution in [0.15, 0.2) is 24.5 Å². The second kappa shape index (κ2) is 8.67. The Labute approximate surface area is 191 Å². The molecule has 2 N–H and O–H groups in total. The SMILES string of the molecule is C[C@@H]1N(c2cc(C#Cc3ccnn3C)cnc2O[C@@H]2CN[C@H](C(=O)O)C2)CCOC12COC2. The number of carbonyl (C=O) groups is 1. The Morgan fingerprint density at radius 1 is 1.39 bits per heavy atom. The first-order chi connectivity index (χ1) is 15.9. The number of carboxylic acid groups (broad SMARTS) is 1. The van der Waals surface area contributed by atoms with Gasteiger partial charge in [0.25, 0.3) is 0 Å². The molecule has 5 heterocycles. The van der Waals surface area contributed by atoms with Gasteiger partial charge in [-0.15, -0.1) is 0 Å². The van der Waals surface area contributed by atoms with Gasteiger partial charge in [-0.1, -0.05) is 5.92 Å². The van der Waals surface area contributed by atoms with E-state index < -0.39 is 12.0 Å². The fraction of sp³-hybridized carbons (Fsp3) is 0.522. The third kappa shape index (κ3) is 4.15. The largest absolute Gasteiger partial charge is 0.480 e. The van der Waals surface area contributed by atoms with Gasteiger partial charge in [0.1, 0.15) is 29.1 Å². The van der Waals surface area contributed by atoms with Crippen molar-refractivity contribution in [2.45, 2.75) is 37.1 Å². The Balaban J connectivity index is 1.45. The molecule has 5 rings (SSSR count). The quantitative estimate of drug-likeness (QED) is 0.636. The number of hydrogen-bond donors (Lipinski definition) is 2. The van der Waals surface area contributed by atoms with Gasteiger partial charge in [-0.05, 0) is 25.0 Å². The standard InChI is InChI=1S/C23H27N5O5/c1-15-23(13-31-14-23)32-8-7-28(15)20-9-16(3-4-17-5-6-26-27(17)2)11-25-21(20)33-18-10-19(22(29)30)24-12-18/h5-6,9,11,15,18-19,24H,7-8,10,12-14H2,1-2H3,(H,29,30)/t15-,18-,19-/m0/s1. The average Bonchev–Trinajstić information content (AvgIpc) is 3.41. The summed E-state index contributed by atoms with van der Waals surface area (Å²) >= 11 is 0. The van der Waals surface area contributed by atoms with E-state index in [1.54, 1.807) is 17.1 Å². The highest BCUT2D eigenvalue weighted by Crippen LogP contribution is 2.38. The van der Waals surface area contributed by atoms with Crippen LogP contribution in [0.3, 0.4) is 0 Å². The molecule has 2 aromatic rings. The number of hydrogen-bond acceptors (Lipinski definition) is 8. The summed E-state index contributed by atoms with van der Waals surface area (Å²) in [6.07, 6.45) is 3.50. The summed E-state index contributed by atoms with van der Waals surface area (Å²) in [6, 6.07) is 3.28. The van der Waals surface area contributed by atoms with Crippen molar-refractivity contribution in [1.29, 1.82) is 0 Å². The zero-order chi connectivity index (χ0) is 23.0. The van der Waals surface area contributed by atoms with Crippen LogP contribution < -0.4 is 15.0 Å². The number of nitrogens with one attached hydrogen (secondary N) is 1. The molecule has 3 atom stereocenters. The second-order valence-corrected chi connectivity index (χ2v) is 8.69. The number of pyridine rings is 1. The molecule has 0 amide bonds. The predicted molar refractivity (Wildman–Crippen MR) is 118 cm³/mol. The zero-order valence-corrected chi connectivity index (χ0v) is 18.7. The smallest absolute Gasteiger partial charge is 0.320 e. The van der Waals surface area contributed by atoms with E-state index >= 15 is 0 Å². The lowest BCUT2D eigenvalue weighted by Crippen LogP contribution is -2.68. The fourth-order valence-corrected chi connectivity index (χ4v) is 4.48. The summed E-state index contributed by atoms with van der Waals surface area (Å²) in [5, 5.41) is 16.4. The summed E-state index contributed by atoms with van der Waals surface area (Å²) in [4.78, 5) is 18.2. The molecule has 3 saturated heterocycles. The topological polar surface area (TPSA) is 111 Å². The van der Waals surface area contributed by atoms with Crippen LogP contribution in [0.2, 0.25) is 0 Å². The van der Waals surface area contributed by atoms with E-state index in [0.717, 1.165) is 16.9 Å². The number of carboxylic acids is 1. The van der Waals surface area contributed by atoms with E-state index in [0.29, 0.717) is 45.2 Å². The molecule has 3 aliphatic rings. The number of aromatic nitrogens is 3. The van der Waals surface area contributed by atoms with Crippen LogP contribution in [0.1, 0.15) is 24.6 Å². The molecule has 3 aliphatic heterocycles. The Kier molecular flexibility index (Phi) is 5.70. The van der Waals surface area contributed by atoms with Crippen LogP contribution in [0.5, 0.6) is 5.88 Å². The number of ether oxygens (including phenoxy) is 3. The Bertz CT molecular complexity index is 1100. The monoisotopic (exact) mass is 453 g/mol. The maximum Gasteiger partial charge on any atom is 0.320 e. The van der Waals surface area contributed by atoms with Gasteiger partial charge in [0.2, 0.25) is 5.88 Å². The molecule has 0 radical (unpaired) electrons. The van der Waals surface area contributed by atoms with Gasteiger partial charge in [0.05, 0.1) is 32.1 Å². The predicted octanol–water partition coefficient (Wildman–Crippen LogP) is 0.403. The maximum atomic E-state index is 11.3. The van der Waals surface area contributed by atoms with E-state index in [9.17, 15) is 9.90 Å². The van der Waals surface area contributed by atoms with Crippen molar-refractivity contribution in [2.24, 2.45) is 7.05 Å². The van der Waals surface area contributed by atoms with Gasteiger partial charge in [-0.3, -0.25) is 9.48 Å². The molecule has 0 aromatic carbocycles. The second-order valence-electron chi connectivity index (χ2n) is 8.69. The van der Waals surface area contributed by atoms with Gasteiger partial charge in [-0.2, -0.15) is 5.10 Å². The van der Waals surface area contributed by atoms with E-state index in [2.05, 4.69) is 39.1 Å². The highest BCUT2D eigenvalue weighted by molar-refractivity contribution is 5.74. The van der Waals surface area contributed by atoms with Crippen molar-refractivity contribution in [3.8, 4) is 17.7 Å². The molecule has 10 nitrogen and oxygen atoms in total. The van der Waals surface area contributed by atoms with Crippen LogP contribution in [0.25, 0.3) is 0 Å². The molecule has 0 aliphatic carbocycles. The minimum absolute atomic E-state index is 0.0536. The van der Waals surface area contributed by atoms with Crippen LogP contribution in [0, 0.1) is 11.8 Å². The van der Waals surface area contributed by atoms with Crippen molar-refractivity contribution >= 4 is 11.7 Å². The van der Waals surface area contributed by atoms with Crippen LogP contribution in [0.4, 0.5) is 5.69 Å². The van der Waals surface area contributed by atoms with Gasteiger partial charge in [0.15, 0.2) is 0 Å². The van der Waals surface area contributed by atoms with Gasteiger partial charge >= 0.3 is 5.97 Å². The molecule has 0 bridgehead atoms. The number of rotatable bonds is 4. The van der Waals surface area contributed by atoms with Crippen molar-refractivity contribution in [1.82, 2.24) is 20.1 Å². The number of morpholine rings is 1. The van der Waals surface area contributed by atoms with Gasteiger partial charge in [-0.25, -0.2) is 4.98 Å². The Hall–Kier alpha value is -3.13. The van der Waals surface area contributed by atoms with Crippen molar-refractivity contribution < 1.29 is 24.1 Å². The molecule has 10 heteroatoms. The summed E-state index contributed by atoms with van der Waals surface area (Å²) < 4.78 is 19.5. The molecule has 2 aromatic heterocycles. The highest BCUT2D eigenvalue weighted by atomic mass is 16.6. The molecule has 174 valence electrons. The van der Waals surface area contributed by atoms with Crippen LogP contribution in [-0.4, -0.2) is 82.5 Å². The average molecular weight is 453 g/mol. The number of aliphatic carboxylic acids is 1. The first-order valence-corrected chi connectivity index (χ1v) is 11.1. The molecule has 33 heavy (non-hydrogen) atoms. The first-order valence-electron chi connectivity index (χ1n) is 11.1. The van der Waals surface area contributed by atoms with E-state index in [-0.39, 0.29) is 17.7 Å². The molecule has 3 fully saturated rings. The molecular weight excluding hydrogens is 426 g/mol. The number of anilines is 1. The minimum atomic E-state index is -0.871. The molecule has 0 saturated carbocycles. The highest BCUT2D eigenvalue weighted by Gasteiger charge is 2.50. The summed E-state index contributed by atoms with van der Waals surface area (Å²) in [5.74, 6) is 5.91. The van der Waals surface area contributed by atoms with E-state index in [1.165, 1.54) is 0 Å². The van der Waals surface area contributed by atoms with E-state index in [1.807, 2.05) is 19.2 Å². The maximum absolute atomic E-state index is 11.3. The third-order valence-electron chi connectivity index (χ3n) is 6.61. The minimum Gasteiger partial charge on any atom is -0.480 e. The lowest BCUT2D eigenvalue weighted by Gasteiger charge is -2.53. The Morgan fingerprint density at radius 2 is 2.24 bits per heavy atom. The van der Waals surface area contributed by atoms with Crippen molar-refractivity contribution in [3.63, 3.8) is 0 Å². The fourth-order valence-electron chi connectivity index (χ4n) is 4.48. The van der Waals surface area contributed by atoms with Crippen molar-refractivity contribution in [2.75, 3.05) is 37.8 Å². The summed E-state index contributed by atoms with van der Waals surface area (Å²) in [6.45, 7) is 4.94. The van der Waals surface area contributed by atoms with Gasteiger partial charge < -0.3 is 29.5 Å².